The summed E-state index contributed by atoms with van der Waals surface area (Å²) in [4.78, 5) is 25.4. The van der Waals surface area contributed by atoms with Crippen molar-refractivity contribution >= 4 is 21.8 Å². The van der Waals surface area contributed by atoms with E-state index in [1.165, 1.54) is 13.2 Å². The van der Waals surface area contributed by atoms with Gasteiger partial charge in [0.15, 0.2) is 9.84 Å². The van der Waals surface area contributed by atoms with Gasteiger partial charge in [-0.2, -0.15) is 0 Å². The summed E-state index contributed by atoms with van der Waals surface area (Å²) in [6.45, 7) is 5.46. The van der Waals surface area contributed by atoms with Crippen molar-refractivity contribution in [2.24, 2.45) is 0 Å². The maximum atomic E-state index is 13.2. The lowest BCUT2D eigenvalue weighted by atomic mass is 9.95. The van der Waals surface area contributed by atoms with Crippen molar-refractivity contribution in [3.63, 3.8) is 0 Å². The van der Waals surface area contributed by atoms with Crippen LogP contribution in [-0.4, -0.2) is 39.9 Å². The Kier molecular flexibility index (Phi) is 6.88. The molecule has 0 saturated carbocycles. The molecule has 0 saturated heterocycles. The van der Waals surface area contributed by atoms with Gasteiger partial charge in [-0.25, -0.2) is 18.0 Å². The van der Waals surface area contributed by atoms with Crippen LogP contribution in [0.3, 0.4) is 0 Å². The van der Waals surface area contributed by atoms with E-state index < -0.39 is 33.6 Å². The summed E-state index contributed by atoms with van der Waals surface area (Å²) in [5.41, 5.74) is 2.37. The first-order valence-electron chi connectivity index (χ1n) is 10.1. The number of esters is 1. The van der Waals surface area contributed by atoms with Crippen molar-refractivity contribution < 1.29 is 27.5 Å². The molecule has 8 nitrogen and oxygen atoms in total. The van der Waals surface area contributed by atoms with Gasteiger partial charge in [-0.05, 0) is 61.7 Å². The Morgan fingerprint density at radius 2 is 1.84 bits per heavy atom. The number of ether oxygens (including phenoxy) is 2. The summed E-state index contributed by atoms with van der Waals surface area (Å²) < 4.78 is 36.8. The molecule has 9 heteroatoms. The highest BCUT2D eigenvalue weighted by Crippen LogP contribution is 2.31. The first-order valence-corrected chi connectivity index (χ1v) is 11.7. The van der Waals surface area contributed by atoms with E-state index in [2.05, 4.69) is 10.6 Å². The van der Waals surface area contributed by atoms with Crippen LogP contribution in [-0.2, 0) is 19.4 Å². The molecule has 0 aromatic heterocycles. The maximum Gasteiger partial charge on any atom is 0.338 e. The second-order valence-electron chi connectivity index (χ2n) is 7.43. The Labute approximate surface area is 187 Å². The maximum absolute atomic E-state index is 13.2. The predicted molar refractivity (Wildman–Crippen MR) is 119 cm³/mol. The van der Waals surface area contributed by atoms with E-state index in [9.17, 15) is 18.0 Å². The Balaban J connectivity index is 2.11. The minimum absolute atomic E-state index is 0.0155. The number of aryl methyl sites for hydroxylation is 2. The number of hydrogen-bond donors (Lipinski definition) is 2. The van der Waals surface area contributed by atoms with Gasteiger partial charge in [-0.1, -0.05) is 18.2 Å². The molecule has 2 N–H and O–H groups in total. The van der Waals surface area contributed by atoms with Gasteiger partial charge in [0.25, 0.3) is 0 Å². The SMILES string of the molecule is CCOC(=O)C1=C(CS(=O)(=O)c2ccc(C)c(C)c2)NC(=O)N[C@H]1c1cccc(OC)c1. The topological polar surface area (TPSA) is 111 Å². The largest absolute Gasteiger partial charge is 0.497 e. The van der Waals surface area contributed by atoms with Gasteiger partial charge in [-0.15, -0.1) is 0 Å². The first-order chi connectivity index (χ1) is 15.2. The number of carbonyl (C=O) groups excluding carboxylic acids is 2. The minimum Gasteiger partial charge on any atom is -0.497 e. The third kappa shape index (κ3) is 4.94. The van der Waals surface area contributed by atoms with Gasteiger partial charge in [0.2, 0.25) is 0 Å². The quantitative estimate of drug-likeness (QED) is 0.617. The van der Waals surface area contributed by atoms with Gasteiger partial charge in [0.1, 0.15) is 5.75 Å². The van der Waals surface area contributed by atoms with Crippen molar-refractivity contribution in [1.29, 1.82) is 0 Å². The van der Waals surface area contributed by atoms with Crippen LogP contribution in [0.4, 0.5) is 4.79 Å². The summed E-state index contributed by atoms with van der Waals surface area (Å²) in [6.07, 6.45) is 0. The fourth-order valence-corrected chi connectivity index (χ4v) is 4.84. The summed E-state index contributed by atoms with van der Waals surface area (Å²) in [6, 6.07) is 10.1. The molecule has 2 aromatic rings. The third-order valence-corrected chi connectivity index (χ3v) is 6.89. The zero-order chi connectivity index (χ0) is 23.5. The van der Waals surface area contributed by atoms with Gasteiger partial charge < -0.3 is 20.1 Å². The number of carbonyl (C=O) groups is 2. The molecule has 0 unspecified atom stereocenters. The number of sulfone groups is 1. The van der Waals surface area contributed by atoms with Crippen LogP contribution >= 0.6 is 0 Å². The van der Waals surface area contributed by atoms with Crippen molar-refractivity contribution in [1.82, 2.24) is 10.6 Å². The van der Waals surface area contributed by atoms with Crippen molar-refractivity contribution in [3.05, 3.63) is 70.4 Å². The average molecular weight is 459 g/mol. The Morgan fingerprint density at radius 1 is 1.09 bits per heavy atom. The van der Waals surface area contributed by atoms with Crippen molar-refractivity contribution in [2.45, 2.75) is 31.7 Å². The fourth-order valence-electron chi connectivity index (χ4n) is 3.43. The van der Waals surface area contributed by atoms with Crippen LogP contribution in [0.25, 0.3) is 0 Å². The first kappa shape index (κ1) is 23.3. The summed E-state index contributed by atoms with van der Waals surface area (Å²) in [7, 11) is -2.35. The molecular formula is C23H26N2O6S. The van der Waals surface area contributed by atoms with Gasteiger partial charge in [0, 0.05) is 5.70 Å². The zero-order valence-corrected chi connectivity index (χ0v) is 19.2. The Hall–Kier alpha value is -3.33. The molecular weight excluding hydrogens is 432 g/mol. The fraction of sp³-hybridized carbons (Fsp3) is 0.304. The van der Waals surface area contributed by atoms with E-state index in [0.29, 0.717) is 11.3 Å². The number of nitrogens with one attached hydrogen (secondary N) is 2. The molecule has 1 aliphatic rings. The van der Waals surface area contributed by atoms with E-state index in [-0.39, 0.29) is 22.8 Å². The van der Waals surface area contributed by atoms with E-state index in [1.807, 2.05) is 13.8 Å². The molecule has 1 aliphatic heterocycles. The van der Waals surface area contributed by atoms with Crippen LogP contribution in [0.5, 0.6) is 5.75 Å². The molecule has 2 amide bonds. The normalized spacial score (nSPS) is 16.2. The molecule has 0 spiro atoms. The second kappa shape index (κ2) is 9.44. The second-order valence-corrected chi connectivity index (χ2v) is 9.42. The smallest absolute Gasteiger partial charge is 0.338 e. The molecule has 32 heavy (non-hydrogen) atoms. The van der Waals surface area contributed by atoms with Crippen molar-refractivity contribution in [2.75, 3.05) is 19.5 Å². The number of benzene rings is 2. The molecule has 2 aromatic carbocycles. The number of amides is 2. The van der Waals surface area contributed by atoms with E-state index in [4.69, 9.17) is 9.47 Å². The van der Waals surface area contributed by atoms with Crippen LogP contribution in [0.2, 0.25) is 0 Å². The molecule has 0 fully saturated rings. The zero-order valence-electron chi connectivity index (χ0n) is 18.4. The molecule has 0 aliphatic carbocycles. The number of rotatable bonds is 7. The van der Waals surface area contributed by atoms with Crippen LogP contribution in [0, 0.1) is 13.8 Å². The standard InChI is InChI=1S/C23H26N2O6S/c1-5-31-22(26)20-19(13-32(28,29)18-10-9-14(2)15(3)11-18)24-23(27)25-21(20)16-7-6-8-17(12-16)30-4/h6-12,21H,5,13H2,1-4H3,(H2,24,25,27)/t21-/m0/s1. The van der Waals surface area contributed by atoms with Gasteiger partial charge >= 0.3 is 12.0 Å². The Bertz CT molecular complexity index is 1190. The molecule has 1 heterocycles. The highest BCUT2D eigenvalue weighted by atomic mass is 32.2. The highest BCUT2D eigenvalue weighted by Gasteiger charge is 2.36. The predicted octanol–water partition coefficient (Wildman–Crippen LogP) is 2.96. The van der Waals surface area contributed by atoms with E-state index in [0.717, 1.165) is 11.1 Å². The van der Waals surface area contributed by atoms with E-state index in [1.54, 1.807) is 43.3 Å². The lowest BCUT2D eigenvalue weighted by Gasteiger charge is -2.29. The minimum atomic E-state index is -3.86. The molecule has 170 valence electrons. The number of hydrogen-bond acceptors (Lipinski definition) is 6. The highest BCUT2D eigenvalue weighted by molar-refractivity contribution is 7.91. The van der Waals surface area contributed by atoms with Gasteiger partial charge in [0.05, 0.1) is 36.0 Å². The van der Waals surface area contributed by atoms with Crippen LogP contribution < -0.4 is 15.4 Å². The van der Waals surface area contributed by atoms with Crippen LogP contribution in [0.1, 0.15) is 29.7 Å². The number of methoxy groups -OCH3 is 1. The lowest BCUT2D eigenvalue weighted by molar-refractivity contribution is -0.139. The lowest BCUT2D eigenvalue weighted by Crippen LogP contribution is -2.47. The number of urea groups is 1. The molecule has 0 radical (unpaired) electrons. The molecule has 1 atom stereocenters. The Morgan fingerprint density at radius 3 is 2.50 bits per heavy atom. The average Bonchev–Trinajstić information content (AvgIpc) is 2.75. The monoisotopic (exact) mass is 458 g/mol. The van der Waals surface area contributed by atoms with Crippen LogP contribution in [0.15, 0.2) is 58.6 Å². The van der Waals surface area contributed by atoms with E-state index >= 15 is 0 Å². The third-order valence-electron chi connectivity index (χ3n) is 5.25. The molecule has 3 rings (SSSR count). The van der Waals surface area contributed by atoms with Crippen molar-refractivity contribution in [3.8, 4) is 5.75 Å². The summed E-state index contributed by atoms with van der Waals surface area (Å²) >= 11 is 0. The van der Waals surface area contributed by atoms with Gasteiger partial charge in [-0.3, -0.25) is 0 Å². The molecule has 0 bridgehead atoms. The summed E-state index contributed by atoms with van der Waals surface area (Å²) in [5.74, 6) is -0.738. The summed E-state index contributed by atoms with van der Waals surface area (Å²) in [5, 5.41) is 5.19.